The van der Waals surface area contributed by atoms with Crippen LogP contribution in [0.5, 0.6) is 5.75 Å². The van der Waals surface area contributed by atoms with E-state index in [1.807, 2.05) is 0 Å². The number of alkyl halides is 4. The van der Waals surface area contributed by atoms with E-state index in [0.717, 1.165) is 12.1 Å². The summed E-state index contributed by atoms with van der Waals surface area (Å²) in [5.41, 5.74) is 4.54. The summed E-state index contributed by atoms with van der Waals surface area (Å²) in [6.45, 7) is 0.958. The van der Waals surface area contributed by atoms with Crippen molar-refractivity contribution < 1.29 is 41.7 Å². The van der Waals surface area contributed by atoms with Crippen molar-refractivity contribution in [2.24, 2.45) is 0 Å². The van der Waals surface area contributed by atoms with Crippen LogP contribution < -0.4 is 10.5 Å². The second-order valence-corrected chi connectivity index (χ2v) is 8.66. The second kappa shape index (κ2) is 9.67. The third-order valence-electron chi connectivity index (χ3n) is 5.54. The number of nitrogens with zero attached hydrogens (tertiary/aromatic N) is 4. The molecule has 0 spiro atoms. The van der Waals surface area contributed by atoms with Crippen molar-refractivity contribution in [3.63, 3.8) is 0 Å². The average molecular weight is 534 g/mol. The molecule has 0 saturated carbocycles. The molecule has 36 heavy (non-hydrogen) atoms. The van der Waals surface area contributed by atoms with Gasteiger partial charge in [0.2, 0.25) is 5.28 Å². The highest BCUT2D eigenvalue weighted by Gasteiger charge is 2.41. The number of ether oxygens (including phenoxy) is 3. The SMILES string of the molecule is CC(Cc1cccc(OC(F)(F)F)c1)(OCC1CC(F)C(n2cnc3c(N)nc(Cl)nc32)O1)C(=O)O. The number of imidazole rings is 1. The lowest BCUT2D eigenvalue weighted by Gasteiger charge is -2.27. The summed E-state index contributed by atoms with van der Waals surface area (Å²) in [4.78, 5) is 23.8. The number of nitrogen functional groups attached to an aromatic ring is 1. The Morgan fingerprint density at radius 3 is 2.81 bits per heavy atom. The van der Waals surface area contributed by atoms with E-state index in [0.29, 0.717) is 0 Å². The fraction of sp³-hybridized carbons (Fsp3) is 0.429. The maximum Gasteiger partial charge on any atom is 0.573 e. The second-order valence-electron chi connectivity index (χ2n) is 8.32. The molecule has 2 aromatic heterocycles. The Hall–Kier alpha value is -3.23. The number of aromatic nitrogens is 4. The minimum absolute atomic E-state index is 0.0129. The molecule has 4 rings (SSSR count). The van der Waals surface area contributed by atoms with Gasteiger partial charge in [-0.05, 0) is 36.2 Å². The summed E-state index contributed by atoms with van der Waals surface area (Å²) < 4.78 is 69.0. The van der Waals surface area contributed by atoms with Crippen molar-refractivity contribution >= 4 is 34.6 Å². The number of anilines is 1. The van der Waals surface area contributed by atoms with Crippen LogP contribution in [0, 0.1) is 0 Å². The summed E-state index contributed by atoms with van der Waals surface area (Å²) in [5.74, 6) is -1.84. The lowest BCUT2D eigenvalue weighted by Crippen LogP contribution is -2.42. The monoisotopic (exact) mass is 533 g/mol. The first-order valence-corrected chi connectivity index (χ1v) is 10.9. The van der Waals surface area contributed by atoms with E-state index < -0.39 is 42.2 Å². The van der Waals surface area contributed by atoms with Crippen LogP contribution in [0.25, 0.3) is 11.2 Å². The summed E-state index contributed by atoms with van der Waals surface area (Å²) in [5, 5.41) is 9.59. The van der Waals surface area contributed by atoms with Gasteiger partial charge < -0.3 is 25.1 Å². The molecule has 1 aliphatic heterocycles. The highest BCUT2D eigenvalue weighted by molar-refractivity contribution is 6.28. The Morgan fingerprint density at radius 2 is 2.11 bits per heavy atom. The summed E-state index contributed by atoms with van der Waals surface area (Å²) >= 11 is 5.84. The molecule has 3 heterocycles. The molecular weight excluding hydrogens is 514 g/mol. The number of hydrogen-bond acceptors (Lipinski definition) is 8. The van der Waals surface area contributed by atoms with Crippen molar-refractivity contribution in [1.29, 1.82) is 0 Å². The number of carboxylic acid groups (broad SMARTS) is 1. The number of halogens is 5. The zero-order valence-electron chi connectivity index (χ0n) is 18.6. The van der Waals surface area contributed by atoms with Gasteiger partial charge in [-0.15, -0.1) is 13.2 Å². The predicted molar refractivity (Wildman–Crippen MR) is 117 cm³/mol. The van der Waals surface area contributed by atoms with E-state index in [1.165, 1.54) is 30.0 Å². The summed E-state index contributed by atoms with van der Waals surface area (Å²) in [6, 6.07) is 4.90. The largest absolute Gasteiger partial charge is 0.573 e. The Labute approximate surface area is 205 Å². The first-order chi connectivity index (χ1) is 16.8. The number of hydrogen-bond donors (Lipinski definition) is 2. The Kier molecular flexibility index (Phi) is 6.94. The minimum atomic E-state index is -4.89. The topological polar surface area (TPSA) is 135 Å². The normalized spacial score (nSPS) is 22.0. The van der Waals surface area contributed by atoms with Crippen molar-refractivity contribution in [3.05, 3.63) is 41.4 Å². The molecule has 10 nitrogen and oxygen atoms in total. The molecule has 4 atom stereocenters. The Bertz CT molecular complexity index is 1280. The average Bonchev–Trinajstić information content (AvgIpc) is 3.34. The molecule has 0 amide bonds. The summed E-state index contributed by atoms with van der Waals surface area (Å²) in [7, 11) is 0. The van der Waals surface area contributed by atoms with Crippen LogP contribution in [0.1, 0.15) is 25.1 Å². The first-order valence-electron chi connectivity index (χ1n) is 10.5. The lowest BCUT2D eigenvalue weighted by molar-refractivity contribution is -0.274. The van der Waals surface area contributed by atoms with Gasteiger partial charge in [-0.3, -0.25) is 4.57 Å². The lowest BCUT2D eigenvalue weighted by atomic mass is 9.96. The number of carboxylic acids is 1. The number of rotatable bonds is 8. The third kappa shape index (κ3) is 5.60. The molecule has 1 saturated heterocycles. The van der Waals surface area contributed by atoms with Crippen LogP contribution in [0.3, 0.4) is 0 Å². The molecule has 3 N–H and O–H groups in total. The molecule has 0 aliphatic carbocycles. The van der Waals surface area contributed by atoms with Crippen molar-refractivity contribution in [2.75, 3.05) is 12.3 Å². The highest BCUT2D eigenvalue weighted by Crippen LogP contribution is 2.35. The number of nitrogens with two attached hydrogens (primary N) is 1. The van der Waals surface area contributed by atoms with Crippen LogP contribution in [0.2, 0.25) is 5.28 Å². The van der Waals surface area contributed by atoms with E-state index in [9.17, 15) is 27.5 Å². The van der Waals surface area contributed by atoms with Gasteiger partial charge in [0.05, 0.1) is 19.0 Å². The fourth-order valence-corrected chi connectivity index (χ4v) is 4.03. The zero-order valence-corrected chi connectivity index (χ0v) is 19.3. The summed E-state index contributed by atoms with van der Waals surface area (Å²) in [6.07, 6.45) is -7.52. The molecule has 1 fully saturated rings. The van der Waals surface area contributed by atoms with Gasteiger partial charge in [0.1, 0.15) is 17.4 Å². The van der Waals surface area contributed by atoms with E-state index in [2.05, 4.69) is 19.7 Å². The standard InChI is InChI=1S/C21H20ClF4N5O5/c1-20(18(32)33,7-10-3-2-4-11(5-10)36-21(24,25)26)34-8-12-6-13(23)17(35-12)31-9-28-14-15(27)29-19(22)30-16(14)31/h2-5,9,12-13,17H,6-8H2,1H3,(H,32,33)(H2,27,29,30). The molecule has 1 aliphatic rings. The smallest absolute Gasteiger partial charge is 0.479 e. The van der Waals surface area contributed by atoms with Crippen LogP contribution >= 0.6 is 11.6 Å². The van der Waals surface area contributed by atoms with Gasteiger partial charge in [0, 0.05) is 12.8 Å². The van der Waals surface area contributed by atoms with Crippen LogP contribution in [0.15, 0.2) is 30.6 Å². The van der Waals surface area contributed by atoms with Crippen LogP contribution in [-0.2, 0) is 20.7 Å². The zero-order chi connectivity index (χ0) is 26.3. The molecule has 194 valence electrons. The van der Waals surface area contributed by atoms with E-state index in [1.54, 1.807) is 0 Å². The van der Waals surface area contributed by atoms with Crippen molar-refractivity contribution in [1.82, 2.24) is 19.5 Å². The Morgan fingerprint density at radius 1 is 1.36 bits per heavy atom. The molecule has 4 unspecified atom stereocenters. The molecule has 0 radical (unpaired) electrons. The first kappa shape index (κ1) is 25.9. The maximum atomic E-state index is 14.9. The number of benzene rings is 1. The van der Waals surface area contributed by atoms with Crippen LogP contribution in [-0.4, -0.2) is 61.4 Å². The fourth-order valence-electron chi connectivity index (χ4n) is 3.86. The predicted octanol–water partition coefficient (Wildman–Crippen LogP) is 3.69. The highest BCUT2D eigenvalue weighted by atomic mass is 35.5. The third-order valence-corrected chi connectivity index (χ3v) is 5.71. The number of fused-ring (bicyclic) bond motifs is 1. The van der Waals surface area contributed by atoms with Gasteiger partial charge in [0.15, 0.2) is 23.3 Å². The van der Waals surface area contributed by atoms with Crippen molar-refractivity contribution in [2.45, 2.75) is 50.2 Å². The van der Waals surface area contributed by atoms with E-state index >= 15 is 0 Å². The molecule has 3 aromatic rings. The van der Waals surface area contributed by atoms with Gasteiger partial charge in [-0.1, -0.05) is 12.1 Å². The van der Waals surface area contributed by atoms with E-state index in [-0.39, 0.29) is 47.3 Å². The number of carbonyl (C=O) groups is 1. The van der Waals surface area contributed by atoms with Gasteiger partial charge in [-0.2, -0.15) is 9.97 Å². The molecule has 1 aromatic carbocycles. The Balaban J connectivity index is 1.45. The van der Waals surface area contributed by atoms with Crippen molar-refractivity contribution in [3.8, 4) is 5.75 Å². The maximum absolute atomic E-state index is 14.9. The quantitative estimate of drug-likeness (QED) is 0.328. The van der Waals surface area contributed by atoms with Crippen LogP contribution in [0.4, 0.5) is 23.4 Å². The molecule has 15 heteroatoms. The molecule has 0 bridgehead atoms. The molecular formula is C21H20ClF4N5O5. The number of aliphatic carboxylic acids is 1. The van der Waals surface area contributed by atoms with E-state index in [4.69, 9.17) is 26.8 Å². The minimum Gasteiger partial charge on any atom is -0.479 e. The van der Waals surface area contributed by atoms with Gasteiger partial charge in [0.25, 0.3) is 0 Å². The van der Waals surface area contributed by atoms with Gasteiger partial charge >= 0.3 is 12.3 Å². The van der Waals surface area contributed by atoms with Gasteiger partial charge in [-0.25, -0.2) is 14.2 Å².